The van der Waals surface area contributed by atoms with Crippen molar-refractivity contribution in [1.82, 2.24) is 10.2 Å². The van der Waals surface area contributed by atoms with E-state index in [1.165, 1.54) is 4.90 Å². The van der Waals surface area contributed by atoms with Crippen LogP contribution in [0.3, 0.4) is 0 Å². The number of carbonyl (C=O) groups is 3. The summed E-state index contributed by atoms with van der Waals surface area (Å²) >= 11 is 0. The van der Waals surface area contributed by atoms with Crippen molar-refractivity contribution >= 4 is 17.9 Å². The maximum Gasteiger partial charge on any atom is 0.318 e. The van der Waals surface area contributed by atoms with E-state index in [2.05, 4.69) is 5.32 Å². The lowest BCUT2D eigenvalue weighted by Crippen LogP contribution is -2.52. The molecule has 1 rings (SSSR count). The zero-order valence-corrected chi connectivity index (χ0v) is 11.0. The fraction of sp³-hybridized carbons (Fsp3) is 0.727. The van der Waals surface area contributed by atoms with Crippen LogP contribution in [0.25, 0.3) is 0 Å². The second kappa shape index (κ2) is 6.37. The summed E-state index contributed by atoms with van der Waals surface area (Å²) in [5, 5.41) is 11.5. The van der Waals surface area contributed by atoms with Gasteiger partial charge in [0.15, 0.2) is 0 Å². The number of nitrogens with one attached hydrogen (secondary N) is 1. The number of amides is 3. The third-order valence-corrected chi connectivity index (χ3v) is 2.92. The van der Waals surface area contributed by atoms with Crippen molar-refractivity contribution in [2.24, 2.45) is 11.7 Å². The average molecular weight is 273 g/mol. The number of hydrogen-bond acceptors (Lipinski definition) is 4. The predicted molar refractivity (Wildman–Crippen MR) is 65.3 cm³/mol. The maximum atomic E-state index is 12.0. The van der Waals surface area contributed by atoms with Crippen LogP contribution in [0.5, 0.6) is 0 Å². The van der Waals surface area contributed by atoms with Gasteiger partial charge in [-0.05, 0) is 13.8 Å². The van der Waals surface area contributed by atoms with Crippen LogP contribution < -0.4 is 11.1 Å². The molecule has 0 aromatic carbocycles. The number of rotatable bonds is 5. The van der Waals surface area contributed by atoms with Gasteiger partial charge < -0.3 is 25.8 Å². The van der Waals surface area contributed by atoms with Gasteiger partial charge in [0, 0.05) is 6.04 Å². The summed E-state index contributed by atoms with van der Waals surface area (Å²) < 4.78 is 5.05. The van der Waals surface area contributed by atoms with Crippen molar-refractivity contribution in [3.05, 3.63) is 0 Å². The lowest BCUT2D eigenvalue weighted by molar-refractivity contribution is -0.142. The second-order valence-corrected chi connectivity index (χ2v) is 4.73. The first kappa shape index (κ1) is 15.2. The van der Waals surface area contributed by atoms with Crippen molar-refractivity contribution in [3.8, 4) is 0 Å². The van der Waals surface area contributed by atoms with E-state index in [4.69, 9.17) is 15.6 Å². The number of primary amides is 1. The summed E-state index contributed by atoms with van der Waals surface area (Å²) in [7, 11) is 0. The van der Waals surface area contributed by atoms with Crippen LogP contribution in [0.1, 0.15) is 13.8 Å². The van der Waals surface area contributed by atoms with Crippen LogP contribution in [0.2, 0.25) is 0 Å². The molecule has 0 aromatic heterocycles. The molecule has 4 N–H and O–H groups in total. The molecule has 3 amide bonds. The third kappa shape index (κ3) is 4.09. The lowest BCUT2D eigenvalue weighted by Gasteiger charge is -2.27. The Bertz CT molecular complexity index is 371. The Morgan fingerprint density at radius 2 is 2.05 bits per heavy atom. The molecule has 0 aliphatic carbocycles. The Hall–Kier alpha value is -1.83. The van der Waals surface area contributed by atoms with Gasteiger partial charge in [-0.1, -0.05) is 0 Å². The molecule has 8 nitrogen and oxygen atoms in total. The molecule has 0 aromatic rings. The molecule has 1 heterocycles. The topological polar surface area (TPSA) is 122 Å². The number of carbonyl (C=O) groups excluding carboxylic acids is 2. The molecule has 0 spiro atoms. The van der Waals surface area contributed by atoms with E-state index in [0.29, 0.717) is 0 Å². The molecule has 0 bridgehead atoms. The van der Waals surface area contributed by atoms with Gasteiger partial charge in [-0.2, -0.15) is 0 Å². The SMILES string of the molecule is CC(C)N(CC(N)=O)C(=O)NC1COCC1C(=O)O. The largest absolute Gasteiger partial charge is 0.481 e. The fourth-order valence-corrected chi connectivity index (χ4v) is 1.84. The molecular formula is C11H19N3O5. The zero-order chi connectivity index (χ0) is 14.6. The van der Waals surface area contributed by atoms with E-state index in [1.54, 1.807) is 13.8 Å². The van der Waals surface area contributed by atoms with Crippen LogP contribution in [0.15, 0.2) is 0 Å². The third-order valence-electron chi connectivity index (χ3n) is 2.92. The Morgan fingerprint density at radius 3 is 2.53 bits per heavy atom. The Kier molecular flexibility index (Phi) is 5.11. The molecule has 1 fully saturated rings. The first-order valence-electron chi connectivity index (χ1n) is 5.99. The van der Waals surface area contributed by atoms with Crippen LogP contribution in [0, 0.1) is 5.92 Å². The summed E-state index contributed by atoms with van der Waals surface area (Å²) in [5.74, 6) is -2.42. The van der Waals surface area contributed by atoms with Gasteiger partial charge >= 0.3 is 12.0 Å². The number of urea groups is 1. The highest BCUT2D eigenvalue weighted by atomic mass is 16.5. The minimum Gasteiger partial charge on any atom is -0.481 e. The van der Waals surface area contributed by atoms with Crippen LogP contribution >= 0.6 is 0 Å². The molecule has 19 heavy (non-hydrogen) atoms. The van der Waals surface area contributed by atoms with Gasteiger partial charge in [0.25, 0.3) is 0 Å². The van der Waals surface area contributed by atoms with Gasteiger partial charge in [-0.3, -0.25) is 9.59 Å². The highest BCUT2D eigenvalue weighted by Crippen LogP contribution is 2.14. The van der Waals surface area contributed by atoms with Crippen molar-refractivity contribution in [1.29, 1.82) is 0 Å². The van der Waals surface area contributed by atoms with E-state index in [-0.39, 0.29) is 25.8 Å². The predicted octanol–water partition coefficient (Wildman–Crippen LogP) is -1.01. The Morgan fingerprint density at radius 1 is 1.42 bits per heavy atom. The molecular weight excluding hydrogens is 254 g/mol. The highest BCUT2D eigenvalue weighted by Gasteiger charge is 2.36. The summed E-state index contributed by atoms with van der Waals surface area (Å²) in [6, 6.07) is -1.34. The number of nitrogens with zero attached hydrogens (tertiary/aromatic N) is 1. The van der Waals surface area contributed by atoms with Gasteiger partial charge in [-0.25, -0.2) is 4.79 Å². The van der Waals surface area contributed by atoms with E-state index in [1.807, 2.05) is 0 Å². The maximum absolute atomic E-state index is 12.0. The first-order valence-corrected chi connectivity index (χ1v) is 5.99. The van der Waals surface area contributed by atoms with E-state index in [0.717, 1.165) is 0 Å². The van der Waals surface area contributed by atoms with E-state index < -0.39 is 29.9 Å². The van der Waals surface area contributed by atoms with Gasteiger partial charge in [0.05, 0.1) is 19.3 Å². The minimum absolute atomic E-state index is 0.0672. The summed E-state index contributed by atoms with van der Waals surface area (Å²) in [4.78, 5) is 35.1. The molecule has 2 atom stereocenters. The molecule has 1 saturated heterocycles. The minimum atomic E-state index is -1.02. The molecule has 0 radical (unpaired) electrons. The van der Waals surface area contributed by atoms with Crippen molar-refractivity contribution in [3.63, 3.8) is 0 Å². The number of hydrogen-bond donors (Lipinski definition) is 3. The molecule has 0 saturated carbocycles. The number of aliphatic carboxylic acids is 1. The molecule has 2 unspecified atom stereocenters. The molecule has 1 aliphatic heterocycles. The number of carboxylic acid groups (broad SMARTS) is 1. The normalized spacial score (nSPS) is 22.3. The first-order chi connectivity index (χ1) is 8.82. The summed E-state index contributed by atoms with van der Waals surface area (Å²) in [6.07, 6.45) is 0. The monoisotopic (exact) mass is 273 g/mol. The van der Waals surface area contributed by atoms with Gasteiger partial charge in [-0.15, -0.1) is 0 Å². The number of ether oxygens (including phenoxy) is 1. The van der Waals surface area contributed by atoms with Crippen LogP contribution in [-0.4, -0.2) is 59.8 Å². The smallest absolute Gasteiger partial charge is 0.318 e. The number of nitrogens with two attached hydrogens (primary N) is 1. The lowest BCUT2D eigenvalue weighted by atomic mass is 10.0. The quantitative estimate of drug-likeness (QED) is 0.592. The zero-order valence-electron chi connectivity index (χ0n) is 11.0. The second-order valence-electron chi connectivity index (χ2n) is 4.73. The molecule has 108 valence electrons. The van der Waals surface area contributed by atoms with Crippen molar-refractivity contribution < 1.29 is 24.2 Å². The summed E-state index contributed by atoms with van der Waals surface area (Å²) in [6.45, 7) is 3.47. The summed E-state index contributed by atoms with van der Waals surface area (Å²) in [5.41, 5.74) is 5.07. The standard InChI is InChI=1S/C11H19N3O5/c1-6(2)14(3-9(12)15)11(18)13-8-5-19-4-7(8)10(16)17/h6-8H,3-5H2,1-2H3,(H2,12,15)(H,13,18)(H,16,17). The highest BCUT2D eigenvalue weighted by molar-refractivity contribution is 5.83. The molecule has 8 heteroatoms. The van der Waals surface area contributed by atoms with Crippen LogP contribution in [0.4, 0.5) is 4.79 Å². The van der Waals surface area contributed by atoms with Crippen molar-refractivity contribution in [2.75, 3.05) is 19.8 Å². The Balaban J connectivity index is 2.65. The van der Waals surface area contributed by atoms with Crippen LogP contribution in [-0.2, 0) is 14.3 Å². The Labute approximate surface area is 110 Å². The van der Waals surface area contributed by atoms with Gasteiger partial charge in [0.2, 0.25) is 5.91 Å². The molecule has 1 aliphatic rings. The van der Waals surface area contributed by atoms with Gasteiger partial charge in [0.1, 0.15) is 12.5 Å². The van der Waals surface area contributed by atoms with E-state index >= 15 is 0 Å². The van der Waals surface area contributed by atoms with Crippen molar-refractivity contribution in [2.45, 2.75) is 25.9 Å². The van der Waals surface area contributed by atoms with E-state index in [9.17, 15) is 14.4 Å². The average Bonchev–Trinajstić information content (AvgIpc) is 2.73. The fourth-order valence-electron chi connectivity index (χ4n) is 1.84. The number of carboxylic acids is 1.